The minimum absolute atomic E-state index is 0.233. The fraction of sp³-hybridized carbons (Fsp3) is 0.111. The molecule has 0 aliphatic heterocycles. The van der Waals surface area contributed by atoms with Crippen LogP contribution in [-0.2, 0) is 0 Å². The predicted octanol–water partition coefficient (Wildman–Crippen LogP) is 6.87. The number of nitrogens with one attached hydrogen (secondary N) is 2. The van der Waals surface area contributed by atoms with Crippen molar-refractivity contribution in [1.29, 1.82) is 0 Å². The molecule has 2 N–H and O–H groups in total. The van der Waals surface area contributed by atoms with Gasteiger partial charge in [0.1, 0.15) is 11.6 Å². The molecule has 2 aromatic carbocycles. The van der Waals surface area contributed by atoms with Crippen molar-refractivity contribution in [2.45, 2.75) is 13.3 Å². The highest BCUT2D eigenvalue weighted by Gasteiger charge is 2.31. The fourth-order valence-corrected chi connectivity index (χ4v) is 3.80. The van der Waals surface area contributed by atoms with E-state index in [4.69, 9.17) is 4.74 Å². The molecule has 0 unspecified atom stereocenters. The molecule has 0 fully saturated rings. The van der Waals surface area contributed by atoms with Crippen LogP contribution in [0, 0.1) is 6.92 Å². The molecular formula is C27H21F3N6O2. The molecule has 38 heavy (non-hydrogen) atoms. The van der Waals surface area contributed by atoms with Crippen LogP contribution in [-0.4, -0.2) is 33.3 Å². The molecule has 5 aromatic rings. The van der Waals surface area contributed by atoms with Crippen molar-refractivity contribution in [1.82, 2.24) is 19.9 Å². The SMILES string of the molecule is CNc1nccc(-c2cccnc2Oc2cc3cc(C)ccc3c(Nc3cccc(OC(F)(F)F)c3)n2)n1. The summed E-state index contributed by atoms with van der Waals surface area (Å²) in [7, 11) is 1.72. The third-order valence-electron chi connectivity index (χ3n) is 5.42. The molecule has 0 radical (unpaired) electrons. The van der Waals surface area contributed by atoms with E-state index in [0.717, 1.165) is 16.3 Å². The van der Waals surface area contributed by atoms with Crippen molar-refractivity contribution in [2.24, 2.45) is 0 Å². The molecule has 0 bridgehead atoms. The van der Waals surface area contributed by atoms with Crippen LogP contribution in [0.2, 0.25) is 0 Å². The molecule has 8 nitrogen and oxygen atoms in total. The zero-order chi connectivity index (χ0) is 26.7. The zero-order valence-corrected chi connectivity index (χ0v) is 20.2. The van der Waals surface area contributed by atoms with Crippen LogP contribution in [0.5, 0.6) is 17.5 Å². The molecule has 3 heterocycles. The normalized spacial score (nSPS) is 11.3. The predicted molar refractivity (Wildman–Crippen MR) is 138 cm³/mol. The van der Waals surface area contributed by atoms with Crippen molar-refractivity contribution in [3.63, 3.8) is 0 Å². The van der Waals surface area contributed by atoms with Crippen molar-refractivity contribution in [2.75, 3.05) is 17.7 Å². The van der Waals surface area contributed by atoms with Crippen LogP contribution in [0.1, 0.15) is 5.56 Å². The number of aryl methyl sites for hydroxylation is 1. The second-order valence-corrected chi connectivity index (χ2v) is 8.21. The Hall–Kier alpha value is -4.93. The first-order valence-corrected chi connectivity index (χ1v) is 11.5. The maximum atomic E-state index is 12.7. The quantitative estimate of drug-likeness (QED) is 0.241. The Kier molecular flexibility index (Phi) is 6.65. The molecular weight excluding hydrogens is 497 g/mol. The van der Waals surface area contributed by atoms with Gasteiger partial charge >= 0.3 is 6.36 Å². The highest BCUT2D eigenvalue weighted by Crippen LogP contribution is 2.35. The van der Waals surface area contributed by atoms with E-state index in [1.165, 1.54) is 18.2 Å². The summed E-state index contributed by atoms with van der Waals surface area (Å²) in [5.74, 6) is 0.993. The van der Waals surface area contributed by atoms with E-state index in [1.807, 2.05) is 31.2 Å². The van der Waals surface area contributed by atoms with E-state index in [1.54, 1.807) is 43.7 Å². The average molecular weight is 518 g/mol. The molecule has 0 saturated carbocycles. The van der Waals surface area contributed by atoms with Gasteiger partial charge in [0, 0.05) is 42.6 Å². The second kappa shape index (κ2) is 10.2. The van der Waals surface area contributed by atoms with Gasteiger partial charge < -0.3 is 20.1 Å². The lowest BCUT2D eigenvalue weighted by molar-refractivity contribution is -0.274. The van der Waals surface area contributed by atoms with Gasteiger partial charge in [-0.25, -0.2) is 15.0 Å². The van der Waals surface area contributed by atoms with Crippen LogP contribution in [0.4, 0.5) is 30.6 Å². The van der Waals surface area contributed by atoms with Crippen molar-refractivity contribution in [3.8, 4) is 28.8 Å². The van der Waals surface area contributed by atoms with E-state index < -0.39 is 6.36 Å². The number of benzene rings is 2. The zero-order valence-electron chi connectivity index (χ0n) is 20.2. The largest absolute Gasteiger partial charge is 0.573 e. The van der Waals surface area contributed by atoms with Gasteiger partial charge in [0.05, 0.1) is 11.3 Å². The lowest BCUT2D eigenvalue weighted by atomic mass is 10.1. The van der Waals surface area contributed by atoms with E-state index >= 15 is 0 Å². The average Bonchev–Trinajstić information content (AvgIpc) is 2.88. The number of anilines is 3. The number of aromatic nitrogens is 4. The van der Waals surface area contributed by atoms with E-state index in [-0.39, 0.29) is 17.5 Å². The Morgan fingerprint density at radius 2 is 1.74 bits per heavy atom. The van der Waals surface area contributed by atoms with Crippen molar-refractivity contribution < 1.29 is 22.6 Å². The number of ether oxygens (including phenoxy) is 2. The van der Waals surface area contributed by atoms with Gasteiger partial charge in [-0.2, -0.15) is 4.98 Å². The lowest BCUT2D eigenvalue weighted by Crippen LogP contribution is -2.17. The first-order chi connectivity index (χ1) is 18.3. The minimum Gasteiger partial charge on any atom is -0.420 e. The summed E-state index contributed by atoms with van der Waals surface area (Å²) in [5.41, 5.74) is 2.60. The summed E-state index contributed by atoms with van der Waals surface area (Å²) >= 11 is 0. The molecule has 0 aliphatic carbocycles. The van der Waals surface area contributed by atoms with Crippen LogP contribution in [0.25, 0.3) is 22.0 Å². The van der Waals surface area contributed by atoms with Crippen LogP contribution in [0.15, 0.2) is 79.1 Å². The second-order valence-electron chi connectivity index (χ2n) is 8.21. The Labute approximate surface area is 215 Å². The van der Waals surface area contributed by atoms with Gasteiger partial charge in [-0.05, 0) is 42.6 Å². The monoisotopic (exact) mass is 518 g/mol. The number of hydrogen-bond acceptors (Lipinski definition) is 8. The Morgan fingerprint density at radius 1 is 0.868 bits per heavy atom. The molecule has 5 rings (SSSR count). The van der Waals surface area contributed by atoms with E-state index in [2.05, 4.69) is 35.3 Å². The van der Waals surface area contributed by atoms with Crippen molar-refractivity contribution in [3.05, 3.63) is 84.7 Å². The summed E-state index contributed by atoms with van der Waals surface area (Å²) in [6.07, 6.45) is -1.58. The Bertz CT molecular complexity index is 1610. The van der Waals surface area contributed by atoms with Gasteiger partial charge in [-0.1, -0.05) is 29.8 Å². The van der Waals surface area contributed by atoms with Crippen LogP contribution < -0.4 is 20.1 Å². The Morgan fingerprint density at radius 3 is 2.55 bits per heavy atom. The number of fused-ring (bicyclic) bond motifs is 1. The lowest BCUT2D eigenvalue weighted by Gasteiger charge is -2.15. The molecule has 0 aliphatic rings. The maximum Gasteiger partial charge on any atom is 0.573 e. The van der Waals surface area contributed by atoms with Gasteiger partial charge in [0.25, 0.3) is 0 Å². The summed E-state index contributed by atoms with van der Waals surface area (Å²) in [6, 6.07) is 18.4. The van der Waals surface area contributed by atoms with Gasteiger partial charge in [0.15, 0.2) is 0 Å². The summed E-state index contributed by atoms with van der Waals surface area (Å²) in [6.45, 7) is 1.96. The molecule has 192 valence electrons. The highest BCUT2D eigenvalue weighted by atomic mass is 19.4. The smallest absolute Gasteiger partial charge is 0.420 e. The van der Waals surface area contributed by atoms with Crippen LogP contribution >= 0.6 is 0 Å². The Balaban J connectivity index is 1.53. The highest BCUT2D eigenvalue weighted by molar-refractivity contribution is 5.94. The molecule has 0 saturated heterocycles. The number of nitrogens with zero attached hydrogens (tertiary/aromatic N) is 4. The summed E-state index contributed by atoms with van der Waals surface area (Å²) < 4.78 is 48.3. The van der Waals surface area contributed by atoms with Gasteiger partial charge in [-0.3, -0.25) is 0 Å². The van der Waals surface area contributed by atoms with Gasteiger partial charge in [0.2, 0.25) is 17.7 Å². The first kappa shape index (κ1) is 24.8. The molecule has 0 amide bonds. The van der Waals surface area contributed by atoms with Crippen molar-refractivity contribution >= 4 is 28.2 Å². The third kappa shape index (κ3) is 5.72. The summed E-state index contributed by atoms with van der Waals surface area (Å²) in [4.78, 5) is 17.6. The molecule has 0 atom stereocenters. The molecule has 11 heteroatoms. The van der Waals surface area contributed by atoms with Gasteiger partial charge in [-0.15, -0.1) is 13.2 Å². The number of alkyl halides is 3. The van der Waals surface area contributed by atoms with E-state index in [0.29, 0.717) is 28.7 Å². The number of halogens is 3. The molecule has 0 spiro atoms. The third-order valence-corrected chi connectivity index (χ3v) is 5.42. The number of rotatable bonds is 7. The van der Waals surface area contributed by atoms with Crippen LogP contribution in [0.3, 0.4) is 0 Å². The standard InChI is InChI=1S/C27H21F3N6O2/c1-16-8-9-20-17(13-16)14-23(36-24(20)34-18-5-3-6-19(15-18)38-27(28,29)30)37-25-21(7-4-11-32-25)22-10-12-33-26(31-2)35-22/h3-15H,1-2H3,(H,34,36)(H,31,33,35). The topological polar surface area (TPSA) is 94.1 Å². The number of hydrogen-bond donors (Lipinski definition) is 2. The minimum atomic E-state index is -4.80. The maximum absolute atomic E-state index is 12.7. The fourth-order valence-electron chi connectivity index (χ4n) is 3.80. The first-order valence-electron chi connectivity index (χ1n) is 11.5. The summed E-state index contributed by atoms with van der Waals surface area (Å²) in [5, 5.41) is 7.56. The molecule has 3 aromatic heterocycles. The van der Waals surface area contributed by atoms with E-state index in [9.17, 15) is 13.2 Å². The number of pyridine rings is 2.